The number of amides is 1. The molecule has 30 heavy (non-hydrogen) atoms. The van der Waals surface area contributed by atoms with E-state index in [9.17, 15) is 13.2 Å². The molecule has 0 spiro atoms. The van der Waals surface area contributed by atoms with Crippen LogP contribution in [0.15, 0.2) is 42.5 Å². The van der Waals surface area contributed by atoms with Crippen LogP contribution in [0, 0.1) is 13.8 Å². The van der Waals surface area contributed by atoms with Gasteiger partial charge in [0.15, 0.2) is 0 Å². The summed E-state index contributed by atoms with van der Waals surface area (Å²) in [5.74, 6) is 0.692. The molecule has 1 atom stereocenters. The monoisotopic (exact) mass is 432 g/mol. The quantitative estimate of drug-likeness (QED) is 0.613. The summed E-state index contributed by atoms with van der Waals surface area (Å²) in [6, 6.07) is 13.2. The maximum Gasteiger partial charge on any atom is 0.232 e. The van der Waals surface area contributed by atoms with E-state index in [0.29, 0.717) is 18.7 Å². The zero-order chi connectivity index (χ0) is 22.3. The van der Waals surface area contributed by atoms with Crippen LogP contribution in [0.2, 0.25) is 0 Å². The van der Waals surface area contributed by atoms with Crippen molar-refractivity contribution in [1.29, 1.82) is 0 Å². The third-order valence-corrected chi connectivity index (χ3v) is 6.05. The van der Waals surface area contributed by atoms with E-state index in [4.69, 9.17) is 4.74 Å². The molecule has 0 saturated carbocycles. The number of hydrogen-bond acceptors (Lipinski definition) is 4. The van der Waals surface area contributed by atoms with Gasteiger partial charge in [-0.15, -0.1) is 0 Å². The molecule has 0 heterocycles. The first-order valence-corrected chi connectivity index (χ1v) is 12.0. The number of rotatable bonds is 10. The van der Waals surface area contributed by atoms with E-state index in [-0.39, 0.29) is 24.9 Å². The average Bonchev–Trinajstić information content (AvgIpc) is 2.67. The normalized spacial score (nSPS) is 12.3. The molecule has 2 aromatic rings. The second-order valence-corrected chi connectivity index (χ2v) is 9.43. The summed E-state index contributed by atoms with van der Waals surface area (Å²) >= 11 is 0. The number of nitrogens with zero attached hydrogens (tertiary/aromatic N) is 1. The molecular formula is C23H32N2O4S. The van der Waals surface area contributed by atoms with Crippen LogP contribution in [0.1, 0.15) is 49.4 Å². The summed E-state index contributed by atoms with van der Waals surface area (Å²) in [5, 5.41) is 2.97. The lowest BCUT2D eigenvalue weighted by atomic mass is 10.1. The zero-order valence-electron chi connectivity index (χ0n) is 18.4. The molecule has 0 fully saturated rings. The summed E-state index contributed by atoms with van der Waals surface area (Å²) in [6.07, 6.45) is 1.88. The molecule has 0 aromatic heterocycles. The number of aryl methyl sites for hydroxylation is 2. The van der Waals surface area contributed by atoms with Gasteiger partial charge in [0, 0.05) is 13.0 Å². The predicted molar refractivity (Wildman–Crippen MR) is 122 cm³/mol. The topological polar surface area (TPSA) is 75.7 Å². The van der Waals surface area contributed by atoms with Crippen molar-refractivity contribution in [3.8, 4) is 5.75 Å². The van der Waals surface area contributed by atoms with Crippen LogP contribution in [0.25, 0.3) is 0 Å². The van der Waals surface area contributed by atoms with Crippen LogP contribution in [0.5, 0.6) is 5.75 Å². The molecule has 0 saturated heterocycles. The van der Waals surface area contributed by atoms with Crippen molar-refractivity contribution in [3.63, 3.8) is 0 Å². The maximum atomic E-state index is 12.4. The molecular weight excluding hydrogens is 400 g/mol. The van der Waals surface area contributed by atoms with Crippen LogP contribution >= 0.6 is 0 Å². The predicted octanol–water partition coefficient (Wildman–Crippen LogP) is 4.13. The smallest absolute Gasteiger partial charge is 0.232 e. The highest BCUT2D eigenvalue weighted by atomic mass is 32.2. The second kappa shape index (κ2) is 10.5. The lowest BCUT2D eigenvalue weighted by Gasteiger charge is -2.24. The van der Waals surface area contributed by atoms with Crippen molar-refractivity contribution in [2.75, 3.05) is 23.7 Å². The van der Waals surface area contributed by atoms with E-state index in [1.807, 2.05) is 70.2 Å². The second-order valence-electron chi connectivity index (χ2n) is 7.52. The van der Waals surface area contributed by atoms with Crippen molar-refractivity contribution in [2.24, 2.45) is 0 Å². The first-order chi connectivity index (χ1) is 14.1. The molecule has 2 rings (SSSR count). The van der Waals surface area contributed by atoms with Gasteiger partial charge in [0.05, 0.1) is 24.6 Å². The van der Waals surface area contributed by atoms with Gasteiger partial charge in [-0.25, -0.2) is 8.42 Å². The van der Waals surface area contributed by atoms with E-state index in [1.165, 1.54) is 10.6 Å². The highest BCUT2D eigenvalue weighted by molar-refractivity contribution is 7.92. The Morgan fingerprint density at radius 2 is 1.80 bits per heavy atom. The van der Waals surface area contributed by atoms with E-state index in [2.05, 4.69) is 5.32 Å². The first-order valence-electron chi connectivity index (χ1n) is 10.2. The molecule has 1 N–H and O–H groups in total. The van der Waals surface area contributed by atoms with Crippen LogP contribution in [0.3, 0.4) is 0 Å². The maximum absolute atomic E-state index is 12.4. The van der Waals surface area contributed by atoms with Crippen molar-refractivity contribution in [2.45, 2.75) is 46.6 Å². The van der Waals surface area contributed by atoms with Gasteiger partial charge < -0.3 is 10.1 Å². The highest BCUT2D eigenvalue weighted by Gasteiger charge is 2.20. The number of ether oxygens (including phenoxy) is 1. The van der Waals surface area contributed by atoms with E-state index >= 15 is 0 Å². The third-order valence-electron chi connectivity index (χ3n) is 4.87. The van der Waals surface area contributed by atoms with Gasteiger partial charge in [-0.2, -0.15) is 0 Å². The Morgan fingerprint density at radius 3 is 2.40 bits per heavy atom. The molecule has 0 radical (unpaired) electrons. The number of hydrogen-bond donors (Lipinski definition) is 1. The van der Waals surface area contributed by atoms with Crippen molar-refractivity contribution in [1.82, 2.24) is 5.32 Å². The fourth-order valence-electron chi connectivity index (χ4n) is 3.25. The summed E-state index contributed by atoms with van der Waals surface area (Å²) in [6.45, 7) is 8.54. The lowest BCUT2D eigenvalue weighted by molar-refractivity contribution is -0.121. The fourth-order valence-corrected chi connectivity index (χ4v) is 4.27. The lowest BCUT2D eigenvalue weighted by Crippen LogP contribution is -2.33. The van der Waals surface area contributed by atoms with Crippen LogP contribution in [-0.4, -0.2) is 33.7 Å². The summed E-state index contributed by atoms with van der Waals surface area (Å²) in [7, 11) is -3.44. The Kier molecular flexibility index (Phi) is 8.29. The van der Waals surface area contributed by atoms with Crippen molar-refractivity contribution in [3.05, 3.63) is 59.2 Å². The number of carbonyl (C=O) groups is 1. The molecule has 0 bridgehead atoms. The van der Waals surface area contributed by atoms with Crippen molar-refractivity contribution >= 4 is 21.6 Å². The summed E-state index contributed by atoms with van der Waals surface area (Å²) in [5.41, 5.74) is 3.53. The van der Waals surface area contributed by atoms with Gasteiger partial charge in [-0.05, 0) is 69.0 Å². The number of benzene rings is 2. The van der Waals surface area contributed by atoms with Gasteiger partial charge in [-0.1, -0.05) is 24.3 Å². The largest absolute Gasteiger partial charge is 0.494 e. The molecule has 164 valence electrons. The standard InChI is InChI=1S/C23H32N2O4S/c1-6-29-21-13-11-20(12-14-21)19(4)24-23(26)8-7-15-25(30(5,27)28)22-16-17(2)9-10-18(22)3/h9-14,16,19H,6-8,15H2,1-5H3,(H,24,26)/t19-/m1/s1. The highest BCUT2D eigenvalue weighted by Crippen LogP contribution is 2.24. The minimum atomic E-state index is -3.44. The Labute approximate surface area is 180 Å². The number of sulfonamides is 1. The Morgan fingerprint density at radius 1 is 1.13 bits per heavy atom. The Hall–Kier alpha value is -2.54. The molecule has 0 aliphatic carbocycles. The van der Waals surface area contributed by atoms with Crippen LogP contribution < -0.4 is 14.4 Å². The minimum Gasteiger partial charge on any atom is -0.494 e. The SMILES string of the molecule is CCOc1ccc([C@@H](C)NC(=O)CCCN(c2cc(C)ccc2C)S(C)(=O)=O)cc1. The molecule has 0 aliphatic heterocycles. The van der Waals surface area contributed by atoms with E-state index in [1.54, 1.807) is 0 Å². The third kappa shape index (κ3) is 6.76. The van der Waals surface area contributed by atoms with Crippen LogP contribution in [0.4, 0.5) is 5.69 Å². The fraction of sp³-hybridized carbons (Fsp3) is 0.435. The molecule has 0 aliphatic rings. The minimum absolute atomic E-state index is 0.106. The number of nitrogens with one attached hydrogen (secondary N) is 1. The molecule has 6 nitrogen and oxygen atoms in total. The molecule has 1 amide bonds. The Balaban J connectivity index is 1.94. The first kappa shape index (κ1) is 23.7. The molecule has 0 unspecified atom stereocenters. The number of anilines is 1. The van der Waals surface area contributed by atoms with Crippen LogP contribution in [-0.2, 0) is 14.8 Å². The van der Waals surface area contributed by atoms with Gasteiger partial charge >= 0.3 is 0 Å². The Bertz CT molecular complexity index is 956. The van der Waals surface area contributed by atoms with Gasteiger partial charge in [0.25, 0.3) is 0 Å². The van der Waals surface area contributed by atoms with E-state index in [0.717, 1.165) is 22.4 Å². The number of carbonyl (C=O) groups excluding carboxylic acids is 1. The van der Waals surface area contributed by atoms with Crippen molar-refractivity contribution < 1.29 is 17.9 Å². The van der Waals surface area contributed by atoms with Gasteiger partial charge in [0.1, 0.15) is 5.75 Å². The zero-order valence-corrected chi connectivity index (χ0v) is 19.3. The van der Waals surface area contributed by atoms with Gasteiger partial charge in [-0.3, -0.25) is 9.10 Å². The molecule has 2 aromatic carbocycles. The summed E-state index contributed by atoms with van der Waals surface area (Å²) < 4.78 is 31.5. The summed E-state index contributed by atoms with van der Waals surface area (Å²) in [4.78, 5) is 12.4. The van der Waals surface area contributed by atoms with Gasteiger partial charge in [0.2, 0.25) is 15.9 Å². The average molecular weight is 433 g/mol. The molecule has 7 heteroatoms. The van der Waals surface area contributed by atoms with E-state index < -0.39 is 10.0 Å².